The van der Waals surface area contributed by atoms with Crippen LogP contribution in [-0.2, 0) is 19.2 Å². The molecule has 0 amide bonds. The van der Waals surface area contributed by atoms with Gasteiger partial charge in [-0.1, -0.05) is 55.5 Å². The Labute approximate surface area is 196 Å². The number of para-hydroxylation sites is 1. The number of benzene rings is 3. The number of nitrogens with zero attached hydrogens (tertiary/aromatic N) is 1. The number of hydrogen-bond donors (Lipinski definition) is 2. The summed E-state index contributed by atoms with van der Waals surface area (Å²) in [5, 5.41) is 8.23. The summed E-state index contributed by atoms with van der Waals surface area (Å²) in [5.74, 6) is 0.342. The van der Waals surface area contributed by atoms with Crippen molar-refractivity contribution in [3.63, 3.8) is 0 Å². The number of halogens is 3. The Balaban J connectivity index is 0.000000204. The van der Waals surface area contributed by atoms with Crippen LogP contribution < -0.4 is 10.5 Å². The molecule has 34 heavy (non-hydrogen) atoms. The summed E-state index contributed by atoms with van der Waals surface area (Å²) in [4.78, 5) is 4.61. The third-order valence-corrected chi connectivity index (χ3v) is 5.20. The molecule has 0 aliphatic carbocycles. The minimum Gasteiger partial charge on any atom is -0.487 e. The Morgan fingerprint density at radius 1 is 0.971 bits per heavy atom. The van der Waals surface area contributed by atoms with E-state index in [1.54, 1.807) is 0 Å². The van der Waals surface area contributed by atoms with Gasteiger partial charge in [0.25, 0.3) is 0 Å². The molecule has 0 radical (unpaired) electrons. The summed E-state index contributed by atoms with van der Waals surface area (Å²) in [7, 11) is 0. The zero-order valence-electron chi connectivity index (χ0n) is 19.0. The lowest BCUT2D eigenvalue weighted by atomic mass is 10.0. The standard InChI is InChI=1S/C18H17NO.C9H9F3N2/c1-2-14-6-5-8-17(12-14)20-13-16-11-10-15-7-3-4-9-18(15)19-16;1-5-3-2-4-6(9(10,11)12)7(5)8(13)14/h3-12H,2,13H2,1H3;2-4H,1H3,(H3,13,14). The fourth-order valence-corrected chi connectivity index (χ4v) is 3.46. The molecule has 4 aromatic rings. The zero-order chi connectivity index (χ0) is 24.7. The quantitative estimate of drug-likeness (QED) is 0.255. The van der Waals surface area contributed by atoms with Gasteiger partial charge < -0.3 is 10.5 Å². The van der Waals surface area contributed by atoms with Crippen LogP contribution in [0.1, 0.15) is 34.9 Å². The predicted octanol–water partition coefficient (Wildman–Crippen LogP) is 6.67. The fourth-order valence-electron chi connectivity index (χ4n) is 3.46. The van der Waals surface area contributed by atoms with E-state index >= 15 is 0 Å². The molecule has 0 saturated heterocycles. The normalized spacial score (nSPS) is 11.0. The Morgan fingerprint density at radius 3 is 2.38 bits per heavy atom. The zero-order valence-corrected chi connectivity index (χ0v) is 19.0. The van der Waals surface area contributed by atoms with Crippen LogP contribution >= 0.6 is 0 Å². The molecule has 0 aliphatic heterocycles. The molecule has 176 valence electrons. The van der Waals surface area contributed by atoms with Gasteiger partial charge in [-0.05, 0) is 54.8 Å². The smallest absolute Gasteiger partial charge is 0.417 e. The Bertz CT molecular complexity index is 1290. The van der Waals surface area contributed by atoms with E-state index in [-0.39, 0.29) is 5.56 Å². The number of aromatic nitrogens is 1. The highest BCUT2D eigenvalue weighted by atomic mass is 19.4. The molecule has 7 heteroatoms. The Hall–Kier alpha value is -3.87. The number of pyridine rings is 1. The molecule has 0 atom stereocenters. The molecule has 4 nitrogen and oxygen atoms in total. The van der Waals surface area contributed by atoms with Crippen molar-refractivity contribution in [2.75, 3.05) is 0 Å². The van der Waals surface area contributed by atoms with Crippen molar-refractivity contribution in [1.82, 2.24) is 4.98 Å². The summed E-state index contributed by atoms with van der Waals surface area (Å²) in [5.41, 5.74) is 7.60. The number of rotatable bonds is 5. The largest absolute Gasteiger partial charge is 0.487 e. The second-order valence-electron chi connectivity index (χ2n) is 7.69. The van der Waals surface area contributed by atoms with Crippen LogP contribution in [-0.4, -0.2) is 10.8 Å². The van der Waals surface area contributed by atoms with Crippen LogP contribution in [0.15, 0.2) is 78.9 Å². The van der Waals surface area contributed by atoms with Gasteiger partial charge in [-0.25, -0.2) is 4.98 Å². The highest BCUT2D eigenvalue weighted by molar-refractivity contribution is 5.98. The molecule has 0 fully saturated rings. The lowest BCUT2D eigenvalue weighted by Crippen LogP contribution is -2.20. The van der Waals surface area contributed by atoms with E-state index in [9.17, 15) is 13.2 Å². The molecular formula is C27H26F3N3O. The molecule has 3 aromatic carbocycles. The molecule has 1 heterocycles. The minimum atomic E-state index is -4.47. The lowest BCUT2D eigenvalue weighted by Gasteiger charge is -2.13. The second kappa shape index (κ2) is 10.8. The summed E-state index contributed by atoms with van der Waals surface area (Å²) in [6.45, 7) is 4.13. The van der Waals surface area contributed by atoms with Crippen LogP contribution in [0.5, 0.6) is 5.75 Å². The van der Waals surface area contributed by atoms with E-state index in [0.29, 0.717) is 12.2 Å². The van der Waals surface area contributed by atoms with E-state index in [2.05, 4.69) is 36.2 Å². The first-order chi connectivity index (χ1) is 16.2. The molecule has 0 unspecified atom stereocenters. The van der Waals surface area contributed by atoms with Crippen molar-refractivity contribution in [1.29, 1.82) is 5.41 Å². The number of nitrogen functional groups attached to an aromatic ring is 1. The van der Waals surface area contributed by atoms with E-state index in [1.165, 1.54) is 24.6 Å². The number of amidine groups is 1. The van der Waals surface area contributed by atoms with Gasteiger partial charge in [0.05, 0.1) is 16.8 Å². The Kier molecular flexibility index (Phi) is 7.89. The van der Waals surface area contributed by atoms with E-state index in [0.717, 1.165) is 34.8 Å². The second-order valence-corrected chi connectivity index (χ2v) is 7.69. The SMILES string of the molecule is CCc1cccc(OCc2ccc3ccccc3n2)c1.Cc1cccc(C(F)(F)F)c1C(=N)N. The maximum absolute atomic E-state index is 12.4. The van der Waals surface area contributed by atoms with Crippen LogP contribution in [0.3, 0.4) is 0 Å². The summed E-state index contributed by atoms with van der Waals surface area (Å²) in [6, 6.07) is 24.1. The monoisotopic (exact) mass is 465 g/mol. The van der Waals surface area contributed by atoms with Gasteiger partial charge in [0.1, 0.15) is 18.2 Å². The van der Waals surface area contributed by atoms with Crippen molar-refractivity contribution in [3.8, 4) is 5.75 Å². The van der Waals surface area contributed by atoms with Gasteiger partial charge in [0, 0.05) is 10.9 Å². The number of nitrogens with one attached hydrogen (secondary N) is 1. The minimum absolute atomic E-state index is 0.236. The highest BCUT2D eigenvalue weighted by Crippen LogP contribution is 2.32. The number of alkyl halides is 3. The number of nitrogens with two attached hydrogens (primary N) is 1. The van der Waals surface area contributed by atoms with Crippen LogP contribution in [0.4, 0.5) is 13.2 Å². The summed E-state index contributed by atoms with van der Waals surface area (Å²) < 4.78 is 43.1. The third-order valence-electron chi connectivity index (χ3n) is 5.20. The van der Waals surface area contributed by atoms with Gasteiger partial charge in [-0.3, -0.25) is 5.41 Å². The van der Waals surface area contributed by atoms with Crippen molar-refractivity contribution in [2.24, 2.45) is 5.73 Å². The van der Waals surface area contributed by atoms with Gasteiger partial charge in [0.2, 0.25) is 0 Å². The average molecular weight is 466 g/mol. The fraction of sp³-hybridized carbons (Fsp3) is 0.185. The van der Waals surface area contributed by atoms with Crippen LogP contribution in [0.2, 0.25) is 0 Å². The van der Waals surface area contributed by atoms with Crippen molar-refractivity contribution < 1.29 is 17.9 Å². The van der Waals surface area contributed by atoms with E-state index in [1.807, 2.05) is 36.4 Å². The molecule has 0 aliphatic rings. The van der Waals surface area contributed by atoms with Gasteiger partial charge in [0.15, 0.2) is 0 Å². The van der Waals surface area contributed by atoms with E-state index < -0.39 is 17.6 Å². The van der Waals surface area contributed by atoms with Gasteiger partial charge in [-0.15, -0.1) is 0 Å². The van der Waals surface area contributed by atoms with Gasteiger partial charge >= 0.3 is 6.18 Å². The number of fused-ring (bicyclic) bond motifs is 1. The van der Waals surface area contributed by atoms with Crippen LogP contribution in [0, 0.1) is 12.3 Å². The predicted molar refractivity (Wildman–Crippen MR) is 129 cm³/mol. The lowest BCUT2D eigenvalue weighted by molar-refractivity contribution is -0.137. The number of ether oxygens (including phenoxy) is 1. The van der Waals surface area contributed by atoms with Crippen LogP contribution in [0.25, 0.3) is 10.9 Å². The molecule has 0 saturated carbocycles. The summed E-state index contributed by atoms with van der Waals surface area (Å²) in [6.07, 6.45) is -3.45. The first-order valence-electron chi connectivity index (χ1n) is 10.8. The first kappa shape index (κ1) is 24.8. The Morgan fingerprint density at radius 2 is 1.71 bits per heavy atom. The van der Waals surface area contributed by atoms with Crippen molar-refractivity contribution in [2.45, 2.75) is 33.1 Å². The number of hydrogen-bond acceptors (Lipinski definition) is 3. The molecule has 4 rings (SSSR count). The molecular weight excluding hydrogens is 439 g/mol. The number of aryl methyl sites for hydroxylation is 2. The summed E-state index contributed by atoms with van der Waals surface area (Å²) >= 11 is 0. The molecule has 1 aromatic heterocycles. The molecule has 3 N–H and O–H groups in total. The maximum atomic E-state index is 12.4. The highest BCUT2D eigenvalue weighted by Gasteiger charge is 2.34. The van der Waals surface area contributed by atoms with E-state index in [4.69, 9.17) is 15.9 Å². The molecule has 0 bridgehead atoms. The van der Waals surface area contributed by atoms with Crippen molar-refractivity contribution >= 4 is 16.7 Å². The molecule has 0 spiro atoms. The van der Waals surface area contributed by atoms with Gasteiger partial charge in [-0.2, -0.15) is 13.2 Å². The maximum Gasteiger partial charge on any atom is 0.417 e. The first-order valence-corrected chi connectivity index (χ1v) is 10.8. The average Bonchev–Trinajstić information content (AvgIpc) is 2.82. The third kappa shape index (κ3) is 6.34. The van der Waals surface area contributed by atoms with Crippen molar-refractivity contribution in [3.05, 3.63) is 107 Å². The topological polar surface area (TPSA) is 72.0 Å².